The number of likely N-dealkylation sites (tertiary alicyclic amines) is 1. The van der Waals surface area contributed by atoms with E-state index in [1.54, 1.807) is 4.90 Å². The number of hydrogen-bond donors (Lipinski definition) is 1. The standard InChI is InChI=1S/C13H24N2O3/c1-3-14(10-7-12(16)17)13(18)15-8-4-5-11(2)6-9-15/h11H,3-10H2,1-2H3,(H,16,17). The molecular formula is C13H24N2O3. The maximum Gasteiger partial charge on any atom is 0.320 e. The molecule has 5 heteroatoms. The molecule has 1 aliphatic heterocycles. The monoisotopic (exact) mass is 256 g/mol. The van der Waals surface area contributed by atoms with E-state index in [4.69, 9.17) is 5.11 Å². The molecule has 0 aromatic carbocycles. The Balaban J connectivity index is 2.51. The van der Waals surface area contributed by atoms with Gasteiger partial charge in [0.05, 0.1) is 6.42 Å². The van der Waals surface area contributed by atoms with Crippen molar-refractivity contribution in [3.63, 3.8) is 0 Å². The van der Waals surface area contributed by atoms with E-state index in [1.165, 1.54) is 6.42 Å². The average molecular weight is 256 g/mol. The molecule has 1 atom stereocenters. The fourth-order valence-corrected chi connectivity index (χ4v) is 2.27. The number of carbonyl (C=O) groups is 2. The largest absolute Gasteiger partial charge is 0.481 e. The van der Waals surface area contributed by atoms with Gasteiger partial charge in [-0.05, 0) is 32.1 Å². The lowest BCUT2D eigenvalue weighted by Gasteiger charge is -2.28. The number of carbonyl (C=O) groups excluding carboxylic acids is 1. The van der Waals surface area contributed by atoms with Crippen LogP contribution in [0.2, 0.25) is 0 Å². The summed E-state index contributed by atoms with van der Waals surface area (Å²) in [5.41, 5.74) is 0. The fourth-order valence-electron chi connectivity index (χ4n) is 2.27. The molecular weight excluding hydrogens is 232 g/mol. The zero-order chi connectivity index (χ0) is 13.5. The van der Waals surface area contributed by atoms with Crippen molar-refractivity contribution in [2.75, 3.05) is 26.2 Å². The Kier molecular flexibility index (Phi) is 5.95. The van der Waals surface area contributed by atoms with Crippen molar-refractivity contribution >= 4 is 12.0 Å². The highest BCUT2D eigenvalue weighted by molar-refractivity contribution is 5.75. The molecule has 0 saturated carbocycles. The first-order valence-corrected chi connectivity index (χ1v) is 6.80. The summed E-state index contributed by atoms with van der Waals surface area (Å²) in [4.78, 5) is 26.3. The number of nitrogens with zero attached hydrogens (tertiary/aromatic N) is 2. The van der Waals surface area contributed by atoms with Crippen molar-refractivity contribution in [1.82, 2.24) is 9.80 Å². The third kappa shape index (κ3) is 4.55. The van der Waals surface area contributed by atoms with Gasteiger partial charge in [0, 0.05) is 26.2 Å². The van der Waals surface area contributed by atoms with Crippen LogP contribution in [0.4, 0.5) is 4.79 Å². The molecule has 18 heavy (non-hydrogen) atoms. The minimum absolute atomic E-state index is 0.00662. The Labute approximate surface area is 109 Å². The van der Waals surface area contributed by atoms with Crippen molar-refractivity contribution in [2.24, 2.45) is 5.92 Å². The molecule has 104 valence electrons. The van der Waals surface area contributed by atoms with E-state index in [9.17, 15) is 9.59 Å². The summed E-state index contributed by atoms with van der Waals surface area (Å²) in [7, 11) is 0. The van der Waals surface area contributed by atoms with Crippen molar-refractivity contribution in [3.8, 4) is 0 Å². The molecule has 1 N–H and O–H groups in total. The van der Waals surface area contributed by atoms with Gasteiger partial charge in [-0.3, -0.25) is 4.79 Å². The van der Waals surface area contributed by atoms with E-state index in [0.29, 0.717) is 19.0 Å². The van der Waals surface area contributed by atoms with Gasteiger partial charge in [0.15, 0.2) is 0 Å². The molecule has 1 fully saturated rings. The van der Waals surface area contributed by atoms with E-state index in [-0.39, 0.29) is 12.5 Å². The maximum atomic E-state index is 12.3. The Morgan fingerprint density at radius 1 is 1.33 bits per heavy atom. The van der Waals surface area contributed by atoms with Crippen LogP contribution in [0, 0.1) is 5.92 Å². The fraction of sp³-hybridized carbons (Fsp3) is 0.846. The lowest BCUT2D eigenvalue weighted by Crippen LogP contribution is -2.44. The second-order valence-electron chi connectivity index (χ2n) is 5.03. The number of carboxylic acid groups (broad SMARTS) is 1. The molecule has 2 amide bonds. The van der Waals surface area contributed by atoms with Crippen LogP contribution in [-0.4, -0.2) is 53.1 Å². The molecule has 0 bridgehead atoms. The van der Waals surface area contributed by atoms with Crippen LogP contribution >= 0.6 is 0 Å². The molecule has 1 rings (SSSR count). The quantitative estimate of drug-likeness (QED) is 0.837. The Hall–Kier alpha value is -1.26. The van der Waals surface area contributed by atoms with E-state index >= 15 is 0 Å². The normalized spacial score (nSPS) is 20.3. The number of carboxylic acids is 1. The van der Waals surface area contributed by atoms with Gasteiger partial charge in [0.2, 0.25) is 0 Å². The lowest BCUT2D eigenvalue weighted by molar-refractivity contribution is -0.137. The summed E-state index contributed by atoms with van der Waals surface area (Å²) in [5, 5.41) is 8.68. The summed E-state index contributed by atoms with van der Waals surface area (Å²) in [6, 6.07) is -0.00662. The summed E-state index contributed by atoms with van der Waals surface area (Å²) in [6.07, 6.45) is 3.28. The van der Waals surface area contributed by atoms with Crippen molar-refractivity contribution in [1.29, 1.82) is 0 Å². The van der Waals surface area contributed by atoms with Gasteiger partial charge in [-0.2, -0.15) is 0 Å². The topological polar surface area (TPSA) is 60.9 Å². The van der Waals surface area contributed by atoms with Gasteiger partial charge in [-0.25, -0.2) is 4.79 Å². The first kappa shape index (κ1) is 14.8. The van der Waals surface area contributed by atoms with Crippen LogP contribution in [0.25, 0.3) is 0 Å². The van der Waals surface area contributed by atoms with Gasteiger partial charge >= 0.3 is 12.0 Å². The molecule has 0 aromatic rings. The molecule has 0 aliphatic carbocycles. The highest BCUT2D eigenvalue weighted by Gasteiger charge is 2.22. The van der Waals surface area contributed by atoms with Crippen LogP contribution in [-0.2, 0) is 4.79 Å². The number of aliphatic carboxylic acids is 1. The summed E-state index contributed by atoms with van der Waals surface area (Å²) >= 11 is 0. The minimum Gasteiger partial charge on any atom is -0.481 e. The third-order valence-corrected chi connectivity index (χ3v) is 3.54. The van der Waals surface area contributed by atoms with E-state index in [1.807, 2.05) is 11.8 Å². The van der Waals surface area contributed by atoms with Crippen molar-refractivity contribution in [2.45, 2.75) is 39.5 Å². The van der Waals surface area contributed by atoms with Crippen LogP contribution in [0.3, 0.4) is 0 Å². The van der Waals surface area contributed by atoms with Crippen LogP contribution in [0.5, 0.6) is 0 Å². The summed E-state index contributed by atoms with van der Waals surface area (Å²) in [5.74, 6) is -0.178. The number of urea groups is 1. The van der Waals surface area contributed by atoms with Crippen molar-refractivity contribution < 1.29 is 14.7 Å². The lowest BCUT2D eigenvalue weighted by atomic mass is 10.0. The van der Waals surface area contributed by atoms with Crippen LogP contribution < -0.4 is 0 Å². The summed E-state index contributed by atoms with van der Waals surface area (Å²) < 4.78 is 0. The molecule has 1 saturated heterocycles. The van der Waals surface area contributed by atoms with Gasteiger partial charge in [-0.15, -0.1) is 0 Å². The molecule has 1 aliphatic rings. The predicted molar refractivity (Wildman–Crippen MR) is 69.5 cm³/mol. The predicted octanol–water partition coefficient (Wildman–Crippen LogP) is 2.02. The molecule has 5 nitrogen and oxygen atoms in total. The van der Waals surface area contributed by atoms with E-state index in [2.05, 4.69) is 6.92 Å². The summed E-state index contributed by atoms with van der Waals surface area (Å²) in [6.45, 7) is 6.57. The first-order valence-electron chi connectivity index (χ1n) is 6.80. The molecule has 1 unspecified atom stereocenters. The molecule has 1 heterocycles. The number of hydrogen-bond acceptors (Lipinski definition) is 2. The second-order valence-corrected chi connectivity index (χ2v) is 5.03. The van der Waals surface area contributed by atoms with Gasteiger partial charge in [0.25, 0.3) is 0 Å². The van der Waals surface area contributed by atoms with Crippen molar-refractivity contribution in [3.05, 3.63) is 0 Å². The average Bonchev–Trinajstić information content (AvgIpc) is 2.54. The molecule has 0 spiro atoms. The zero-order valence-electron chi connectivity index (χ0n) is 11.4. The van der Waals surface area contributed by atoms with Gasteiger partial charge in [0.1, 0.15) is 0 Å². The van der Waals surface area contributed by atoms with Gasteiger partial charge in [-0.1, -0.05) is 6.92 Å². The van der Waals surface area contributed by atoms with E-state index < -0.39 is 5.97 Å². The number of rotatable bonds is 4. The highest BCUT2D eigenvalue weighted by Crippen LogP contribution is 2.17. The Morgan fingerprint density at radius 2 is 2.06 bits per heavy atom. The minimum atomic E-state index is -0.856. The van der Waals surface area contributed by atoms with Crippen LogP contribution in [0.15, 0.2) is 0 Å². The van der Waals surface area contributed by atoms with Gasteiger partial charge < -0.3 is 14.9 Å². The number of amides is 2. The first-order chi connectivity index (χ1) is 8.54. The SMILES string of the molecule is CCN(CCC(=O)O)C(=O)N1CCCC(C)CC1. The Morgan fingerprint density at radius 3 is 2.67 bits per heavy atom. The highest BCUT2D eigenvalue weighted by atomic mass is 16.4. The smallest absolute Gasteiger partial charge is 0.320 e. The van der Waals surface area contributed by atoms with E-state index in [0.717, 1.165) is 25.9 Å². The molecule has 0 radical (unpaired) electrons. The van der Waals surface area contributed by atoms with Crippen LogP contribution in [0.1, 0.15) is 39.5 Å². The molecule has 0 aromatic heterocycles. The Bertz CT molecular complexity index is 294. The third-order valence-electron chi connectivity index (χ3n) is 3.54. The zero-order valence-corrected chi connectivity index (χ0v) is 11.4. The maximum absolute atomic E-state index is 12.3. The second kappa shape index (κ2) is 7.24.